The lowest BCUT2D eigenvalue weighted by molar-refractivity contribution is 0.405. The lowest BCUT2D eigenvalue weighted by Crippen LogP contribution is -2.14. The summed E-state index contributed by atoms with van der Waals surface area (Å²) >= 11 is 0. The van der Waals surface area contributed by atoms with E-state index in [0.717, 1.165) is 24.3 Å². The first-order chi connectivity index (χ1) is 16.9. The van der Waals surface area contributed by atoms with Gasteiger partial charge in [0, 0.05) is 11.1 Å². The molecule has 1 aliphatic carbocycles. The first kappa shape index (κ1) is 28.4. The Bertz CT molecular complexity index is 1000. The molecule has 4 bridgehead atoms. The van der Waals surface area contributed by atoms with Crippen LogP contribution in [0.2, 0.25) is 0 Å². The maximum atomic E-state index is 6.13. The quantitative estimate of drug-likeness (QED) is 0.417. The first-order valence-corrected chi connectivity index (χ1v) is 14.0. The maximum Gasteiger partial charge on any atom is 0.129 e. The van der Waals surface area contributed by atoms with E-state index >= 15 is 0 Å². The molecule has 2 aromatic rings. The Morgan fingerprint density at radius 3 is 1.17 bits per heavy atom. The van der Waals surface area contributed by atoms with E-state index in [0.29, 0.717) is 0 Å². The third-order valence-electron chi connectivity index (χ3n) is 7.98. The summed E-state index contributed by atoms with van der Waals surface area (Å²) in [5.74, 6) is 2.08. The minimum Gasteiger partial charge on any atom is -0.496 e. The first-order valence-electron chi connectivity index (χ1n) is 14.0. The van der Waals surface area contributed by atoms with Gasteiger partial charge in [0.05, 0.1) is 14.2 Å². The van der Waals surface area contributed by atoms with Crippen LogP contribution in [0.4, 0.5) is 0 Å². The van der Waals surface area contributed by atoms with Gasteiger partial charge >= 0.3 is 0 Å². The van der Waals surface area contributed by atoms with Gasteiger partial charge in [0.2, 0.25) is 0 Å². The largest absolute Gasteiger partial charge is 0.496 e. The van der Waals surface area contributed by atoms with Crippen molar-refractivity contribution >= 4 is 11.1 Å². The number of hydrogen-bond acceptors (Lipinski definition) is 2. The summed E-state index contributed by atoms with van der Waals surface area (Å²) < 4.78 is 12.3. The third-order valence-corrected chi connectivity index (χ3v) is 7.98. The zero-order chi connectivity index (χ0) is 26.7. The Morgan fingerprint density at radius 1 is 0.528 bits per heavy atom. The molecule has 2 nitrogen and oxygen atoms in total. The van der Waals surface area contributed by atoms with E-state index in [9.17, 15) is 0 Å². The van der Waals surface area contributed by atoms with Gasteiger partial charge in [-0.05, 0) is 95.9 Å². The van der Waals surface area contributed by atoms with E-state index in [-0.39, 0.29) is 10.8 Å². The van der Waals surface area contributed by atoms with Crippen molar-refractivity contribution in [3.8, 4) is 11.5 Å². The van der Waals surface area contributed by atoms with Crippen LogP contribution in [0.25, 0.3) is 11.1 Å². The molecule has 3 rings (SSSR count). The predicted octanol–water partition coefficient (Wildman–Crippen LogP) is 9.69. The second-order valence-corrected chi connectivity index (χ2v) is 12.8. The van der Waals surface area contributed by atoms with Gasteiger partial charge in [0.15, 0.2) is 0 Å². The van der Waals surface area contributed by atoms with Gasteiger partial charge in [0.1, 0.15) is 11.5 Å². The molecule has 1 aliphatic rings. The molecule has 0 saturated heterocycles. The summed E-state index contributed by atoms with van der Waals surface area (Å²) in [5.41, 5.74) is 10.5. The van der Waals surface area contributed by atoms with Crippen molar-refractivity contribution in [2.45, 2.75) is 118 Å². The lowest BCUT2D eigenvalue weighted by Gasteiger charge is -2.26. The molecular formula is C34H50O2. The number of hydrogen-bond donors (Lipinski definition) is 0. The van der Waals surface area contributed by atoms with Crippen molar-refractivity contribution in [3.05, 3.63) is 57.6 Å². The number of allylic oxidation sites excluding steroid dienone is 2. The summed E-state index contributed by atoms with van der Waals surface area (Å²) in [4.78, 5) is 0. The summed E-state index contributed by atoms with van der Waals surface area (Å²) in [6.45, 7) is 18.4. The van der Waals surface area contributed by atoms with E-state index in [4.69, 9.17) is 9.47 Å². The molecule has 0 heterocycles. The van der Waals surface area contributed by atoms with Crippen molar-refractivity contribution in [1.29, 1.82) is 0 Å². The SMILES string of the molecule is COc1c2cc(C(C)(C)C)cc1/C(C)=C(/C)c1cc(C(C)(C)C)cc(c1OC)CCCCCCCC2. The molecule has 2 heteroatoms. The van der Waals surface area contributed by atoms with Crippen molar-refractivity contribution < 1.29 is 9.47 Å². The average Bonchev–Trinajstić information content (AvgIpc) is 2.81. The van der Waals surface area contributed by atoms with Crippen molar-refractivity contribution in [2.75, 3.05) is 14.2 Å². The topological polar surface area (TPSA) is 18.5 Å². The zero-order valence-corrected chi connectivity index (χ0v) is 24.8. The number of aryl methyl sites for hydroxylation is 2. The second kappa shape index (κ2) is 11.4. The fourth-order valence-corrected chi connectivity index (χ4v) is 5.40. The van der Waals surface area contributed by atoms with Crippen LogP contribution in [-0.4, -0.2) is 14.2 Å². The van der Waals surface area contributed by atoms with Crippen LogP contribution >= 0.6 is 0 Å². The molecule has 0 spiro atoms. The van der Waals surface area contributed by atoms with Crippen LogP contribution in [0.15, 0.2) is 24.3 Å². The number of fused-ring (bicyclic) bond motifs is 4. The van der Waals surface area contributed by atoms with Crippen molar-refractivity contribution in [2.24, 2.45) is 0 Å². The summed E-state index contributed by atoms with van der Waals surface area (Å²) in [7, 11) is 3.66. The van der Waals surface area contributed by atoms with Crippen molar-refractivity contribution in [3.63, 3.8) is 0 Å². The Hall–Kier alpha value is -2.22. The highest BCUT2D eigenvalue weighted by atomic mass is 16.5. The highest BCUT2D eigenvalue weighted by molar-refractivity contribution is 5.93. The smallest absolute Gasteiger partial charge is 0.129 e. The van der Waals surface area contributed by atoms with E-state index in [1.54, 1.807) is 0 Å². The lowest BCUT2D eigenvalue weighted by atomic mass is 9.80. The van der Waals surface area contributed by atoms with Crippen LogP contribution in [0.5, 0.6) is 11.5 Å². The van der Waals surface area contributed by atoms with Crippen molar-refractivity contribution in [1.82, 2.24) is 0 Å². The van der Waals surface area contributed by atoms with Crippen LogP contribution in [0.3, 0.4) is 0 Å². The molecule has 36 heavy (non-hydrogen) atoms. The number of methoxy groups -OCH3 is 2. The number of rotatable bonds is 2. The van der Waals surface area contributed by atoms with Gasteiger partial charge in [-0.1, -0.05) is 79.4 Å². The van der Waals surface area contributed by atoms with Gasteiger partial charge in [-0.15, -0.1) is 0 Å². The zero-order valence-electron chi connectivity index (χ0n) is 24.8. The van der Waals surface area contributed by atoms with E-state index in [1.807, 2.05) is 14.2 Å². The number of ether oxygens (including phenoxy) is 2. The highest BCUT2D eigenvalue weighted by Gasteiger charge is 2.24. The third kappa shape index (κ3) is 6.36. The molecule has 0 atom stereocenters. The highest BCUT2D eigenvalue weighted by Crippen LogP contribution is 2.42. The Labute approximate surface area is 221 Å². The minimum absolute atomic E-state index is 0.0712. The molecule has 0 unspecified atom stereocenters. The van der Waals surface area contributed by atoms with Gasteiger partial charge in [-0.3, -0.25) is 0 Å². The van der Waals surface area contributed by atoms with Gasteiger partial charge in [0.25, 0.3) is 0 Å². The molecule has 0 saturated carbocycles. The summed E-state index contributed by atoms with van der Waals surface area (Å²) in [6.07, 6.45) is 9.73. The molecule has 0 aromatic heterocycles. The second-order valence-electron chi connectivity index (χ2n) is 12.8. The summed E-state index contributed by atoms with van der Waals surface area (Å²) in [5, 5.41) is 0. The van der Waals surface area contributed by atoms with Crippen LogP contribution in [0.1, 0.15) is 127 Å². The minimum atomic E-state index is 0.0712. The van der Waals surface area contributed by atoms with Gasteiger partial charge < -0.3 is 9.47 Å². The molecule has 0 radical (unpaired) electrons. The Morgan fingerprint density at radius 2 is 0.861 bits per heavy atom. The molecule has 0 aliphatic heterocycles. The molecule has 198 valence electrons. The van der Waals surface area contributed by atoms with E-state index in [2.05, 4.69) is 79.7 Å². The number of benzene rings is 2. The standard InChI is InChI=1S/C34H50O2/c1-23-24(2)30-22-28(34(6,7)8)20-26(32(30)36-10)18-16-14-12-11-13-15-17-25-19-27(33(3,4)5)21-29(23)31(25)35-9/h19-22H,11-18H2,1-10H3/b24-23-. The Balaban J connectivity index is 2.36. The van der Waals surface area contributed by atoms with E-state index in [1.165, 1.54) is 83.1 Å². The fraction of sp³-hybridized carbons (Fsp3) is 0.588. The average molecular weight is 491 g/mol. The fourth-order valence-electron chi connectivity index (χ4n) is 5.40. The molecular weight excluding hydrogens is 440 g/mol. The Kier molecular flexibility index (Phi) is 9.02. The van der Waals surface area contributed by atoms with Gasteiger partial charge in [-0.25, -0.2) is 0 Å². The normalized spacial score (nSPS) is 18.2. The van der Waals surface area contributed by atoms with Crippen LogP contribution < -0.4 is 9.47 Å². The van der Waals surface area contributed by atoms with Crippen LogP contribution in [-0.2, 0) is 23.7 Å². The molecule has 0 fully saturated rings. The van der Waals surface area contributed by atoms with Crippen LogP contribution in [0, 0.1) is 0 Å². The van der Waals surface area contributed by atoms with Gasteiger partial charge in [-0.2, -0.15) is 0 Å². The molecule has 0 N–H and O–H groups in total. The monoisotopic (exact) mass is 490 g/mol. The summed E-state index contributed by atoms with van der Waals surface area (Å²) in [6, 6.07) is 9.52. The van der Waals surface area contributed by atoms with E-state index < -0.39 is 0 Å². The molecule has 2 aromatic carbocycles. The predicted molar refractivity (Wildman–Crippen MR) is 157 cm³/mol. The maximum absolute atomic E-state index is 6.13. The molecule has 0 amide bonds.